The van der Waals surface area contributed by atoms with Crippen LogP contribution in [0.3, 0.4) is 0 Å². The molecule has 2 aromatic carbocycles. The zero-order valence-corrected chi connectivity index (χ0v) is 11.3. The topological polar surface area (TPSA) is 38.1 Å². The third-order valence-corrected chi connectivity index (χ3v) is 3.35. The largest absolute Gasteiger partial charge is 0.386 e. The number of halogens is 1. The number of hydrogen-bond donors (Lipinski definition) is 1. The first-order valence-corrected chi connectivity index (χ1v) is 6.42. The first kappa shape index (κ1) is 12.8. The highest BCUT2D eigenvalue weighted by molar-refractivity contribution is 5.81. The molecule has 3 rings (SSSR count). The Morgan fingerprint density at radius 2 is 1.80 bits per heavy atom. The lowest BCUT2D eigenvalue weighted by Crippen LogP contribution is -2.15. The summed E-state index contributed by atoms with van der Waals surface area (Å²) in [4.78, 5) is 0. The maximum atomic E-state index is 13.0. The normalized spacial score (nSPS) is 12.0. The van der Waals surface area contributed by atoms with E-state index < -0.39 is 5.60 Å². The van der Waals surface area contributed by atoms with Crippen LogP contribution < -0.4 is 0 Å². The predicted octanol–water partition coefficient (Wildman–Crippen LogP) is 3.39. The van der Waals surface area contributed by atoms with E-state index in [-0.39, 0.29) is 5.82 Å². The summed E-state index contributed by atoms with van der Waals surface area (Å²) in [6, 6.07) is 11.9. The summed E-state index contributed by atoms with van der Waals surface area (Å²) in [6.07, 6.45) is 1.74. The Bertz CT molecular complexity index is 754. The lowest BCUT2D eigenvalue weighted by atomic mass is 9.97. The van der Waals surface area contributed by atoms with Crippen LogP contribution in [0.4, 0.5) is 4.39 Å². The second kappa shape index (κ2) is 4.42. The Balaban J connectivity index is 2.13. The monoisotopic (exact) mass is 270 g/mol. The molecule has 0 amide bonds. The fourth-order valence-corrected chi connectivity index (χ4v) is 2.20. The number of hydrogen-bond acceptors (Lipinski definition) is 2. The Morgan fingerprint density at radius 3 is 2.45 bits per heavy atom. The molecule has 1 N–H and O–H groups in total. The van der Waals surface area contributed by atoms with Gasteiger partial charge < -0.3 is 5.11 Å². The lowest BCUT2D eigenvalue weighted by Gasteiger charge is -2.17. The molecule has 1 heterocycles. The second-order valence-corrected chi connectivity index (χ2v) is 5.37. The van der Waals surface area contributed by atoms with Gasteiger partial charge in [-0.25, -0.2) is 9.07 Å². The van der Waals surface area contributed by atoms with Crippen molar-refractivity contribution in [3.8, 4) is 5.69 Å². The quantitative estimate of drug-likeness (QED) is 0.775. The van der Waals surface area contributed by atoms with Crippen molar-refractivity contribution in [3.63, 3.8) is 0 Å². The highest BCUT2D eigenvalue weighted by atomic mass is 19.1. The second-order valence-electron chi connectivity index (χ2n) is 5.37. The molecular weight excluding hydrogens is 255 g/mol. The van der Waals surface area contributed by atoms with Gasteiger partial charge in [0, 0.05) is 5.39 Å². The molecule has 0 saturated carbocycles. The molecule has 0 aliphatic carbocycles. The summed E-state index contributed by atoms with van der Waals surface area (Å²) in [5.74, 6) is -0.269. The van der Waals surface area contributed by atoms with Crippen molar-refractivity contribution < 1.29 is 9.50 Å². The molecular formula is C16H15FN2O. The molecule has 4 heteroatoms. The molecule has 0 aliphatic heterocycles. The molecule has 0 atom stereocenters. The highest BCUT2D eigenvalue weighted by Crippen LogP contribution is 2.25. The number of aliphatic hydroxyl groups is 1. The van der Waals surface area contributed by atoms with Crippen molar-refractivity contribution in [2.45, 2.75) is 19.4 Å². The third-order valence-electron chi connectivity index (χ3n) is 3.35. The van der Waals surface area contributed by atoms with Crippen molar-refractivity contribution in [3.05, 3.63) is 60.0 Å². The van der Waals surface area contributed by atoms with Gasteiger partial charge in [0.2, 0.25) is 0 Å². The van der Waals surface area contributed by atoms with Crippen LogP contribution in [-0.2, 0) is 5.60 Å². The summed E-state index contributed by atoms with van der Waals surface area (Å²) in [7, 11) is 0. The highest BCUT2D eigenvalue weighted by Gasteiger charge is 2.17. The smallest absolute Gasteiger partial charge is 0.123 e. The van der Waals surface area contributed by atoms with Gasteiger partial charge in [0.15, 0.2) is 0 Å². The standard InChI is InChI=1S/C16H15FN2O/c1-16(2,20)12-3-8-15-11(9-12)10-18-19(15)14-6-4-13(17)5-7-14/h3-10,20H,1-2H3. The van der Waals surface area contributed by atoms with Gasteiger partial charge in [-0.2, -0.15) is 5.10 Å². The molecule has 0 unspecified atom stereocenters. The van der Waals surface area contributed by atoms with E-state index in [1.54, 1.807) is 36.9 Å². The zero-order valence-electron chi connectivity index (χ0n) is 11.3. The van der Waals surface area contributed by atoms with Gasteiger partial charge in [0.1, 0.15) is 5.82 Å². The lowest BCUT2D eigenvalue weighted by molar-refractivity contribution is 0.0787. The first-order valence-electron chi connectivity index (χ1n) is 6.42. The van der Waals surface area contributed by atoms with Crippen LogP contribution in [0.15, 0.2) is 48.7 Å². The van der Waals surface area contributed by atoms with Crippen molar-refractivity contribution in [1.29, 1.82) is 0 Å². The Morgan fingerprint density at radius 1 is 1.10 bits per heavy atom. The fraction of sp³-hybridized carbons (Fsp3) is 0.188. The fourth-order valence-electron chi connectivity index (χ4n) is 2.20. The van der Waals surface area contributed by atoms with Crippen LogP contribution in [0.5, 0.6) is 0 Å². The van der Waals surface area contributed by atoms with E-state index >= 15 is 0 Å². The minimum Gasteiger partial charge on any atom is -0.386 e. The molecule has 3 aromatic rings. The van der Waals surface area contributed by atoms with E-state index in [1.165, 1.54) is 12.1 Å². The Labute approximate surface area is 116 Å². The predicted molar refractivity (Wildman–Crippen MR) is 76.3 cm³/mol. The molecule has 0 fully saturated rings. The summed E-state index contributed by atoms with van der Waals surface area (Å²) in [5, 5.41) is 15.3. The number of fused-ring (bicyclic) bond motifs is 1. The molecule has 0 aliphatic rings. The summed E-state index contributed by atoms with van der Waals surface area (Å²) in [6.45, 7) is 3.50. The van der Waals surface area contributed by atoms with Crippen molar-refractivity contribution in [2.24, 2.45) is 0 Å². The van der Waals surface area contributed by atoms with Crippen molar-refractivity contribution in [2.75, 3.05) is 0 Å². The molecule has 0 radical (unpaired) electrons. The van der Waals surface area contributed by atoms with Crippen molar-refractivity contribution in [1.82, 2.24) is 9.78 Å². The van der Waals surface area contributed by atoms with Gasteiger partial charge in [-0.05, 0) is 55.8 Å². The van der Waals surface area contributed by atoms with Gasteiger partial charge >= 0.3 is 0 Å². The Hall–Kier alpha value is -2.20. The molecule has 3 nitrogen and oxygen atoms in total. The van der Waals surface area contributed by atoms with Crippen LogP contribution >= 0.6 is 0 Å². The molecule has 1 aromatic heterocycles. The summed E-state index contributed by atoms with van der Waals surface area (Å²) < 4.78 is 14.7. The van der Waals surface area contributed by atoms with Crippen molar-refractivity contribution >= 4 is 10.9 Å². The van der Waals surface area contributed by atoms with Crippen LogP contribution in [0.1, 0.15) is 19.4 Å². The molecule has 20 heavy (non-hydrogen) atoms. The maximum Gasteiger partial charge on any atom is 0.123 e. The summed E-state index contributed by atoms with van der Waals surface area (Å²) in [5.41, 5.74) is 1.68. The van der Waals surface area contributed by atoms with Crippen LogP contribution in [0, 0.1) is 5.82 Å². The minimum absolute atomic E-state index is 0.269. The molecule has 0 bridgehead atoms. The maximum absolute atomic E-state index is 13.0. The van der Waals surface area contributed by atoms with Crippen LogP contribution in [0.2, 0.25) is 0 Å². The number of rotatable bonds is 2. The minimum atomic E-state index is -0.883. The van der Waals surface area contributed by atoms with Crippen LogP contribution in [0.25, 0.3) is 16.6 Å². The van der Waals surface area contributed by atoms with E-state index in [1.807, 2.05) is 18.2 Å². The van der Waals surface area contributed by atoms with Gasteiger partial charge in [-0.3, -0.25) is 0 Å². The van der Waals surface area contributed by atoms with E-state index in [9.17, 15) is 9.50 Å². The van der Waals surface area contributed by atoms with E-state index in [0.717, 1.165) is 22.2 Å². The van der Waals surface area contributed by atoms with E-state index in [2.05, 4.69) is 5.10 Å². The average Bonchev–Trinajstić information content (AvgIpc) is 2.81. The molecule has 0 saturated heterocycles. The number of nitrogens with zero attached hydrogens (tertiary/aromatic N) is 2. The van der Waals surface area contributed by atoms with Crippen LogP contribution in [-0.4, -0.2) is 14.9 Å². The van der Waals surface area contributed by atoms with Gasteiger partial charge in [0.05, 0.1) is 23.0 Å². The van der Waals surface area contributed by atoms with E-state index in [0.29, 0.717) is 0 Å². The first-order chi connectivity index (χ1) is 9.45. The van der Waals surface area contributed by atoms with Gasteiger partial charge in [-0.15, -0.1) is 0 Å². The zero-order chi connectivity index (χ0) is 14.3. The molecule has 102 valence electrons. The third kappa shape index (κ3) is 2.18. The van der Waals surface area contributed by atoms with Gasteiger partial charge in [-0.1, -0.05) is 6.07 Å². The van der Waals surface area contributed by atoms with E-state index in [4.69, 9.17) is 0 Å². The average molecular weight is 270 g/mol. The number of aromatic nitrogens is 2. The number of benzene rings is 2. The van der Waals surface area contributed by atoms with Gasteiger partial charge in [0.25, 0.3) is 0 Å². The Kier molecular flexibility index (Phi) is 2.83. The summed E-state index contributed by atoms with van der Waals surface area (Å²) >= 11 is 0. The molecule has 0 spiro atoms. The SMILES string of the molecule is CC(C)(O)c1ccc2c(cnn2-c2ccc(F)cc2)c1.